The lowest BCUT2D eigenvalue weighted by Crippen LogP contribution is -2.05. The Kier molecular flexibility index (Phi) is 4.59. The summed E-state index contributed by atoms with van der Waals surface area (Å²) in [6.07, 6.45) is -3.59. The van der Waals surface area contributed by atoms with Crippen LogP contribution in [0.2, 0.25) is 0 Å². The molecular formula is C15H14BrF3S. The van der Waals surface area contributed by atoms with Crippen LogP contribution in [0.25, 0.3) is 0 Å². The zero-order valence-electron chi connectivity index (χ0n) is 11.1. The number of rotatable bonds is 3. The van der Waals surface area contributed by atoms with E-state index in [0.717, 1.165) is 17.7 Å². The van der Waals surface area contributed by atoms with Crippen LogP contribution in [-0.2, 0) is 12.6 Å². The second-order valence-electron chi connectivity index (χ2n) is 4.73. The molecule has 0 radical (unpaired) electrons. The molecule has 0 saturated heterocycles. The summed E-state index contributed by atoms with van der Waals surface area (Å²) in [7, 11) is 0. The summed E-state index contributed by atoms with van der Waals surface area (Å²) in [4.78, 5) is 2.62. The Bertz CT molecular complexity index is 584. The van der Waals surface area contributed by atoms with Crippen molar-refractivity contribution >= 4 is 27.3 Å². The summed E-state index contributed by atoms with van der Waals surface area (Å²) in [6, 6.07) is 7.50. The van der Waals surface area contributed by atoms with E-state index in [9.17, 15) is 13.2 Å². The first kappa shape index (κ1) is 15.6. The number of hydrogen-bond donors (Lipinski definition) is 0. The van der Waals surface area contributed by atoms with Gasteiger partial charge in [-0.25, -0.2) is 0 Å². The van der Waals surface area contributed by atoms with Gasteiger partial charge in [-0.05, 0) is 49.6 Å². The minimum absolute atomic E-state index is 0.129. The van der Waals surface area contributed by atoms with E-state index in [1.807, 2.05) is 0 Å². The van der Waals surface area contributed by atoms with Crippen LogP contribution in [0.3, 0.4) is 0 Å². The Morgan fingerprint density at radius 1 is 1.15 bits per heavy atom. The predicted octanol–water partition coefficient (Wildman–Crippen LogP) is 6.06. The second-order valence-corrected chi connectivity index (χ2v) is 7.30. The van der Waals surface area contributed by atoms with Crippen LogP contribution in [0.5, 0.6) is 0 Å². The molecule has 2 rings (SSSR count). The van der Waals surface area contributed by atoms with E-state index in [2.05, 4.69) is 35.8 Å². The van der Waals surface area contributed by atoms with E-state index in [0.29, 0.717) is 6.42 Å². The van der Waals surface area contributed by atoms with Crippen LogP contribution in [0.4, 0.5) is 13.2 Å². The van der Waals surface area contributed by atoms with Crippen LogP contribution in [0.15, 0.2) is 30.3 Å². The van der Waals surface area contributed by atoms with Crippen molar-refractivity contribution in [3.63, 3.8) is 0 Å². The first-order valence-corrected chi connectivity index (χ1v) is 7.87. The maximum atomic E-state index is 12.5. The maximum absolute atomic E-state index is 12.5. The van der Waals surface area contributed by atoms with Crippen LogP contribution in [-0.4, -0.2) is 0 Å². The molecule has 0 fully saturated rings. The van der Waals surface area contributed by atoms with E-state index in [-0.39, 0.29) is 4.83 Å². The van der Waals surface area contributed by atoms with Gasteiger partial charge in [0.25, 0.3) is 0 Å². The van der Waals surface area contributed by atoms with Gasteiger partial charge in [0.1, 0.15) is 0 Å². The standard InChI is InChI=1S/C15H14BrF3S/c1-9-7-13(10(2)20-9)14(16)8-11-3-5-12(6-4-11)15(17,18)19/h3-7,14H,8H2,1-2H3. The third kappa shape index (κ3) is 3.64. The molecule has 1 atom stereocenters. The Morgan fingerprint density at radius 3 is 2.20 bits per heavy atom. The van der Waals surface area contributed by atoms with E-state index in [4.69, 9.17) is 0 Å². The predicted molar refractivity (Wildman–Crippen MR) is 80.6 cm³/mol. The van der Waals surface area contributed by atoms with Crippen molar-refractivity contribution in [1.29, 1.82) is 0 Å². The number of aryl methyl sites for hydroxylation is 2. The summed E-state index contributed by atoms with van der Waals surface area (Å²) in [6.45, 7) is 4.12. The molecule has 0 aliphatic rings. The van der Waals surface area contributed by atoms with Gasteiger partial charge in [-0.15, -0.1) is 11.3 Å². The van der Waals surface area contributed by atoms with Crippen LogP contribution >= 0.6 is 27.3 Å². The van der Waals surface area contributed by atoms with Gasteiger partial charge in [-0.2, -0.15) is 13.2 Å². The molecule has 0 amide bonds. The molecule has 1 heterocycles. The highest BCUT2D eigenvalue weighted by molar-refractivity contribution is 9.09. The topological polar surface area (TPSA) is 0 Å². The van der Waals surface area contributed by atoms with Gasteiger partial charge in [0.15, 0.2) is 0 Å². The Balaban J connectivity index is 2.12. The second kappa shape index (κ2) is 5.90. The largest absolute Gasteiger partial charge is 0.416 e. The molecule has 0 bridgehead atoms. The fourth-order valence-corrected chi connectivity index (χ4v) is 4.10. The minimum Gasteiger partial charge on any atom is -0.166 e. The average molecular weight is 363 g/mol. The number of halogens is 4. The van der Waals surface area contributed by atoms with E-state index >= 15 is 0 Å². The molecule has 0 aliphatic heterocycles. The van der Waals surface area contributed by atoms with Crippen LogP contribution in [0.1, 0.15) is 31.3 Å². The molecule has 0 nitrogen and oxygen atoms in total. The van der Waals surface area contributed by atoms with Gasteiger partial charge in [-0.3, -0.25) is 0 Å². The highest BCUT2D eigenvalue weighted by Crippen LogP contribution is 2.35. The number of hydrogen-bond acceptors (Lipinski definition) is 1. The zero-order valence-corrected chi connectivity index (χ0v) is 13.5. The van der Waals surface area contributed by atoms with Crippen molar-refractivity contribution < 1.29 is 13.2 Å². The van der Waals surface area contributed by atoms with Gasteiger partial charge in [-0.1, -0.05) is 28.1 Å². The van der Waals surface area contributed by atoms with Gasteiger partial charge in [0, 0.05) is 14.6 Å². The van der Waals surface area contributed by atoms with Crippen molar-refractivity contribution in [2.45, 2.75) is 31.3 Å². The zero-order chi connectivity index (χ0) is 14.9. The molecule has 0 saturated carbocycles. The molecule has 0 spiro atoms. The van der Waals surface area contributed by atoms with Gasteiger partial charge >= 0.3 is 6.18 Å². The quantitative estimate of drug-likeness (QED) is 0.582. The lowest BCUT2D eigenvalue weighted by molar-refractivity contribution is -0.137. The van der Waals surface area contributed by atoms with E-state index in [1.54, 1.807) is 23.5 Å². The van der Waals surface area contributed by atoms with Crippen molar-refractivity contribution in [1.82, 2.24) is 0 Å². The smallest absolute Gasteiger partial charge is 0.166 e. The lowest BCUT2D eigenvalue weighted by atomic mass is 10.0. The van der Waals surface area contributed by atoms with Crippen molar-refractivity contribution in [2.75, 3.05) is 0 Å². The van der Waals surface area contributed by atoms with Crippen molar-refractivity contribution in [3.8, 4) is 0 Å². The summed E-state index contributed by atoms with van der Waals surface area (Å²) in [5.74, 6) is 0. The summed E-state index contributed by atoms with van der Waals surface area (Å²) < 4.78 is 37.5. The molecule has 2 aromatic rings. The number of alkyl halides is 4. The van der Waals surface area contributed by atoms with E-state index in [1.165, 1.54) is 15.3 Å². The third-order valence-electron chi connectivity index (χ3n) is 3.11. The molecule has 0 N–H and O–H groups in total. The lowest BCUT2D eigenvalue weighted by Gasteiger charge is -2.11. The third-order valence-corrected chi connectivity index (χ3v) is 4.91. The van der Waals surface area contributed by atoms with Gasteiger partial charge in [0.05, 0.1) is 5.56 Å². The highest BCUT2D eigenvalue weighted by atomic mass is 79.9. The molecular weight excluding hydrogens is 349 g/mol. The van der Waals surface area contributed by atoms with Crippen molar-refractivity contribution in [3.05, 3.63) is 56.8 Å². The molecule has 1 aromatic carbocycles. The summed E-state index contributed by atoms with van der Waals surface area (Å²) >= 11 is 5.36. The van der Waals surface area contributed by atoms with Crippen LogP contribution < -0.4 is 0 Å². The Hall–Kier alpha value is -0.810. The molecule has 108 valence electrons. The monoisotopic (exact) mass is 362 g/mol. The normalized spacial score (nSPS) is 13.5. The van der Waals surface area contributed by atoms with Gasteiger partial charge in [0.2, 0.25) is 0 Å². The first-order valence-electron chi connectivity index (χ1n) is 6.14. The fraction of sp³-hybridized carbons (Fsp3) is 0.333. The number of thiophene rings is 1. The minimum atomic E-state index is -4.27. The number of benzene rings is 1. The Morgan fingerprint density at radius 2 is 1.75 bits per heavy atom. The van der Waals surface area contributed by atoms with E-state index < -0.39 is 11.7 Å². The highest BCUT2D eigenvalue weighted by Gasteiger charge is 2.30. The molecule has 0 aliphatic carbocycles. The molecule has 1 aromatic heterocycles. The molecule has 20 heavy (non-hydrogen) atoms. The SMILES string of the molecule is Cc1cc(C(Br)Cc2ccc(C(F)(F)F)cc2)c(C)s1. The molecule has 5 heteroatoms. The van der Waals surface area contributed by atoms with Crippen molar-refractivity contribution in [2.24, 2.45) is 0 Å². The van der Waals surface area contributed by atoms with Gasteiger partial charge < -0.3 is 0 Å². The molecule has 1 unspecified atom stereocenters. The average Bonchev–Trinajstić information content (AvgIpc) is 2.68. The summed E-state index contributed by atoms with van der Waals surface area (Å²) in [5, 5.41) is 0. The maximum Gasteiger partial charge on any atom is 0.416 e. The summed E-state index contributed by atoms with van der Waals surface area (Å²) in [5.41, 5.74) is 1.51. The van der Waals surface area contributed by atoms with Crippen LogP contribution in [0, 0.1) is 13.8 Å². The first-order chi connectivity index (χ1) is 9.27. The fourth-order valence-electron chi connectivity index (χ4n) is 2.11. The Labute approximate surface area is 128 Å².